The van der Waals surface area contributed by atoms with Gasteiger partial charge in [0.1, 0.15) is 6.54 Å². The molecule has 0 spiro atoms. The van der Waals surface area contributed by atoms with Crippen molar-refractivity contribution in [2.45, 2.75) is 19.8 Å². The van der Waals surface area contributed by atoms with Crippen LogP contribution in [0.1, 0.15) is 19.8 Å². The molecule has 96 valence electrons. The molecule has 2 aliphatic rings. The normalized spacial score (nSPS) is 18.4. The van der Waals surface area contributed by atoms with Crippen molar-refractivity contribution in [3.63, 3.8) is 0 Å². The maximum atomic E-state index is 11.8. The van der Waals surface area contributed by atoms with E-state index < -0.39 is 5.97 Å². The average Bonchev–Trinajstić information content (AvgIpc) is 2.30. The quantitative estimate of drug-likeness (QED) is 0.799. The Morgan fingerprint density at radius 1 is 1.56 bits per heavy atom. The molecule has 0 bridgehead atoms. The van der Waals surface area contributed by atoms with E-state index in [1.165, 1.54) is 5.01 Å². The number of carboxylic acid groups (broad SMARTS) is 1. The van der Waals surface area contributed by atoms with Crippen LogP contribution in [0, 0.1) is 0 Å². The summed E-state index contributed by atoms with van der Waals surface area (Å²) in [6.45, 7) is 2.54. The lowest BCUT2D eigenvalue weighted by molar-refractivity contribution is -0.138. The number of fused-ring (bicyclic) bond motifs is 1. The summed E-state index contributed by atoms with van der Waals surface area (Å²) in [5.41, 5.74) is 0.994. The maximum absolute atomic E-state index is 11.8. The summed E-state index contributed by atoms with van der Waals surface area (Å²) >= 11 is 0. The molecule has 2 heterocycles. The number of allylic oxidation sites excluding steroid dienone is 2. The molecule has 6 nitrogen and oxygen atoms in total. The van der Waals surface area contributed by atoms with E-state index in [4.69, 9.17) is 5.11 Å². The first-order valence-electron chi connectivity index (χ1n) is 5.81. The van der Waals surface area contributed by atoms with Crippen LogP contribution < -0.4 is 0 Å². The first-order valence-corrected chi connectivity index (χ1v) is 5.81. The summed E-state index contributed by atoms with van der Waals surface area (Å²) < 4.78 is 0. The van der Waals surface area contributed by atoms with E-state index >= 15 is 0 Å². The van der Waals surface area contributed by atoms with Gasteiger partial charge >= 0.3 is 5.97 Å². The minimum atomic E-state index is -0.856. The van der Waals surface area contributed by atoms with Crippen LogP contribution in [0.25, 0.3) is 0 Å². The number of rotatable bonds is 4. The number of amides is 1. The van der Waals surface area contributed by atoms with Crippen LogP contribution in [0.5, 0.6) is 0 Å². The predicted molar refractivity (Wildman–Crippen MR) is 65.6 cm³/mol. The summed E-state index contributed by atoms with van der Waals surface area (Å²) in [5, 5.41) is 14.2. The molecule has 0 saturated carbocycles. The number of hydrogen-bond donors (Lipinski definition) is 1. The molecule has 0 aliphatic carbocycles. The molecule has 18 heavy (non-hydrogen) atoms. The molecule has 6 heteroatoms. The van der Waals surface area contributed by atoms with Gasteiger partial charge < -0.3 is 10.0 Å². The van der Waals surface area contributed by atoms with Crippen molar-refractivity contribution < 1.29 is 14.7 Å². The predicted octanol–water partition coefficient (Wildman–Crippen LogP) is 0.783. The van der Waals surface area contributed by atoms with E-state index in [9.17, 15) is 9.59 Å². The molecule has 0 unspecified atom stereocenters. The summed E-state index contributed by atoms with van der Waals surface area (Å²) in [6.07, 6.45) is 6.09. The van der Waals surface area contributed by atoms with Gasteiger partial charge in [0.15, 0.2) is 5.84 Å². The van der Waals surface area contributed by atoms with E-state index in [1.54, 1.807) is 4.90 Å². The van der Waals surface area contributed by atoms with Crippen molar-refractivity contribution in [2.24, 2.45) is 5.10 Å². The Labute approximate surface area is 105 Å². The Morgan fingerprint density at radius 2 is 2.33 bits per heavy atom. The maximum Gasteiger partial charge on any atom is 0.303 e. The Bertz CT molecular complexity index is 465. The second kappa shape index (κ2) is 5.03. The van der Waals surface area contributed by atoms with E-state index in [0.29, 0.717) is 13.0 Å². The van der Waals surface area contributed by atoms with Crippen LogP contribution in [0.3, 0.4) is 0 Å². The van der Waals surface area contributed by atoms with E-state index in [-0.39, 0.29) is 18.9 Å². The van der Waals surface area contributed by atoms with Crippen molar-refractivity contribution in [1.29, 1.82) is 0 Å². The topological polar surface area (TPSA) is 73.2 Å². The zero-order valence-electron chi connectivity index (χ0n) is 10.2. The van der Waals surface area contributed by atoms with Gasteiger partial charge in [0.25, 0.3) is 5.91 Å². The lowest BCUT2D eigenvalue weighted by atomic mass is 10.2. The summed E-state index contributed by atoms with van der Waals surface area (Å²) in [4.78, 5) is 24.0. The van der Waals surface area contributed by atoms with Gasteiger partial charge in [-0.25, -0.2) is 5.01 Å². The minimum Gasteiger partial charge on any atom is -0.481 e. The Kier molecular flexibility index (Phi) is 3.45. The van der Waals surface area contributed by atoms with Gasteiger partial charge in [0.2, 0.25) is 0 Å². The van der Waals surface area contributed by atoms with E-state index in [0.717, 1.165) is 11.4 Å². The third-order valence-corrected chi connectivity index (χ3v) is 2.81. The third-order valence-electron chi connectivity index (χ3n) is 2.81. The van der Waals surface area contributed by atoms with Crippen LogP contribution in [0.2, 0.25) is 0 Å². The molecule has 1 amide bonds. The molecule has 0 aromatic rings. The molecule has 0 radical (unpaired) electrons. The fourth-order valence-corrected chi connectivity index (χ4v) is 1.88. The zero-order valence-corrected chi connectivity index (χ0v) is 10.2. The van der Waals surface area contributed by atoms with Crippen LogP contribution in [0.15, 0.2) is 29.0 Å². The number of hydrazone groups is 1. The Hall–Kier alpha value is -2.11. The molecule has 1 N–H and O–H groups in total. The number of carboxylic acids is 1. The Morgan fingerprint density at radius 3 is 3.06 bits per heavy atom. The number of nitrogens with zero attached hydrogens (tertiary/aromatic N) is 3. The molecule has 0 fully saturated rings. The van der Waals surface area contributed by atoms with E-state index in [1.807, 2.05) is 25.3 Å². The summed E-state index contributed by atoms with van der Waals surface area (Å²) in [7, 11) is 0. The average molecular weight is 249 g/mol. The zero-order chi connectivity index (χ0) is 13.1. The van der Waals surface area contributed by atoms with Crippen molar-refractivity contribution in [2.75, 3.05) is 13.1 Å². The van der Waals surface area contributed by atoms with E-state index in [2.05, 4.69) is 5.10 Å². The van der Waals surface area contributed by atoms with Crippen LogP contribution in [-0.4, -0.2) is 45.8 Å². The molecular formula is C12H15N3O3. The molecule has 0 atom stereocenters. The standard InChI is InChI=1S/C12H15N3O3/c1-9-4-2-6-14-8-10(16)15(13-12(9)14)7-3-5-11(17)18/h2,4,6H,3,5,7-8H2,1H3,(H,17,18). The number of amidine groups is 1. The van der Waals surface area contributed by atoms with Crippen LogP contribution >= 0.6 is 0 Å². The highest BCUT2D eigenvalue weighted by Crippen LogP contribution is 2.16. The number of hydrogen-bond acceptors (Lipinski definition) is 4. The number of carbonyl (C=O) groups excluding carboxylic acids is 1. The SMILES string of the molecule is CC1=CC=CN2CC(=O)N(CCCC(=O)O)N=C12. The van der Waals surface area contributed by atoms with Gasteiger partial charge in [-0.1, -0.05) is 6.08 Å². The van der Waals surface area contributed by atoms with Gasteiger partial charge in [-0.05, 0) is 25.0 Å². The summed E-state index contributed by atoms with van der Waals surface area (Å²) in [5.74, 6) is -0.207. The lowest BCUT2D eigenvalue weighted by Crippen LogP contribution is -2.46. The monoisotopic (exact) mass is 249 g/mol. The highest BCUT2D eigenvalue weighted by Gasteiger charge is 2.26. The van der Waals surface area contributed by atoms with Crippen molar-refractivity contribution in [3.05, 3.63) is 23.9 Å². The molecule has 0 aromatic heterocycles. The second-order valence-corrected chi connectivity index (χ2v) is 4.26. The first-order chi connectivity index (χ1) is 8.58. The fraction of sp³-hybridized carbons (Fsp3) is 0.417. The highest BCUT2D eigenvalue weighted by molar-refractivity contribution is 6.03. The molecule has 0 aromatic carbocycles. The second-order valence-electron chi connectivity index (χ2n) is 4.26. The fourth-order valence-electron chi connectivity index (χ4n) is 1.88. The molecular weight excluding hydrogens is 234 g/mol. The summed E-state index contributed by atoms with van der Waals surface area (Å²) in [6, 6.07) is 0. The Balaban J connectivity index is 2.06. The van der Waals surface area contributed by atoms with Crippen LogP contribution in [-0.2, 0) is 9.59 Å². The third kappa shape index (κ3) is 2.58. The van der Waals surface area contributed by atoms with Crippen molar-refractivity contribution in [3.8, 4) is 0 Å². The van der Waals surface area contributed by atoms with Gasteiger partial charge in [-0.15, -0.1) is 0 Å². The first kappa shape index (κ1) is 12.3. The van der Waals surface area contributed by atoms with Gasteiger partial charge in [0, 0.05) is 19.2 Å². The van der Waals surface area contributed by atoms with Gasteiger partial charge in [0.05, 0.1) is 0 Å². The molecule has 0 saturated heterocycles. The van der Waals surface area contributed by atoms with Crippen LogP contribution in [0.4, 0.5) is 0 Å². The lowest BCUT2D eigenvalue weighted by Gasteiger charge is -2.32. The van der Waals surface area contributed by atoms with Crippen molar-refractivity contribution in [1.82, 2.24) is 9.91 Å². The number of aliphatic carboxylic acids is 1. The largest absolute Gasteiger partial charge is 0.481 e. The van der Waals surface area contributed by atoms with Crippen molar-refractivity contribution >= 4 is 17.7 Å². The smallest absolute Gasteiger partial charge is 0.303 e. The number of carbonyl (C=O) groups is 2. The van der Waals surface area contributed by atoms with Gasteiger partial charge in [-0.2, -0.15) is 5.10 Å². The highest BCUT2D eigenvalue weighted by atomic mass is 16.4. The molecule has 2 rings (SSSR count). The van der Waals surface area contributed by atoms with Gasteiger partial charge in [-0.3, -0.25) is 9.59 Å². The minimum absolute atomic E-state index is 0.0487. The molecule has 2 aliphatic heterocycles.